The third-order valence-electron chi connectivity index (χ3n) is 2.61. The van der Waals surface area contributed by atoms with Gasteiger partial charge in [0.1, 0.15) is 0 Å². The first-order valence-corrected chi connectivity index (χ1v) is 6.58. The lowest BCUT2D eigenvalue weighted by molar-refractivity contribution is 0.492. The summed E-state index contributed by atoms with van der Waals surface area (Å²) in [6.45, 7) is 13.6. The fourth-order valence-electron chi connectivity index (χ4n) is 1.33. The fraction of sp³-hybridized carbons (Fsp3) is 1.00. The van der Waals surface area contributed by atoms with Crippen LogP contribution in [0.4, 0.5) is 0 Å². The van der Waals surface area contributed by atoms with Gasteiger partial charge < -0.3 is 0 Å². The van der Waals surface area contributed by atoms with Crippen molar-refractivity contribution in [3.8, 4) is 0 Å². The summed E-state index contributed by atoms with van der Waals surface area (Å²) in [4.78, 5) is 0. The highest BCUT2D eigenvalue weighted by Gasteiger charge is 1.94. The van der Waals surface area contributed by atoms with Crippen LogP contribution in [0.25, 0.3) is 0 Å². The molecular weight excluding hydrogens is 168 g/mol. The molecule has 0 radical (unpaired) electrons. The van der Waals surface area contributed by atoms with E-state index in [1.54, 1.807) is 0 Å². The number of unbranched alkanes of at least 4 members (excludes halogenated alkanes) is 1. The van der Waals surface area contributed by atoms with E-state index in [2.05, 4.69) is 41.5 Å². The molecule has 0 spiro atoms. The van der Waals surface area contributed by atoms with E-state index in [0.717, 1.165) is 11.8 Å². The summed E-state index contributed by atoms with van der Waals surface area (Å²) in [7, 11) is 0. The van der Waals surface area contributed by atoms with Crippen molar-refractivity contribution in [1.29, 1.82) is 0 Å². The first-order chi connectivity index (χ1) is 6.58. The van der Waals surface area contributed by atoms with Crippen LogP contribution in [0.5, 0.6) is 0 Å². The molecule has 0 aliphatic carbocycles. The summed E-state index contributed by atoms with van der Waals surface area (Å²) < 4.78 is 0. The zero-order chi connectivity index (χ0) is 11.4. The Morgan fingerprint density at radius 3 is 1.57 bits per heavy atom. The van der Waals surface area contributed by atoms with Gasteiger partial charge in [0.15, 0.2) is 0 Å². The number of rotatable bonds is 6. The molecule has 0 heteroatoms. The zero-order valence-electron chi connectivity index (χ0n) is 11.4. The molecule has 88 valence electrons. The molecule has 0 heterocycles. The summed E-state index contributed by atoms with van der Waals surface area (Å²) in [5, 5.41) is 0. The summed E-state index contributed by atoms with van der Waals surface area (Å²) >= 11 is 0. The van der Waals surface area contributed by atoms with Crippen molar-refractivity contribution in [1.82, 2.24) is 0 Å². The second-order valence-corrected chi connectivity index (χ2v) is 4.84. The van der Waals surface area contributed by atoms with Crippen LogP contribution in [0, 0.1) is 11.8 Å². The Bertz CT molecular complexity index is 84.0. The minimum Gasteiger partial charge on any atom is -0.0654 e. The standard InChI is InChI=1S/C8H18.C6H14/c1-4-6-7-8(3)5-2;1-4-5-6(2)3/h8H,4-7H2,1-3H3;6H,4-5H2,1-3H3. The monoisotopic (exact) mass is 200 g/mol. The van der Waals surface area contributed by atoms with Gasteiger partial charge in [0.2, 0.25) is 0 Å². The Balaban J connectivity index is 0. The number of hydrogen-bond acceptors (Lipinski definition) is 0. The van der Waals surface area contributed by atoms with E-state index in [9.17, 15) is 0 Å². The van der Waals surface area contributed by atoms with Crippen LogP contribution in [-0.4, -0.2) is 0 Å². The van der Waals surface area contributed by atoms with Crippen LogP contribution < -0.4 is 0 Å². The third kappa shape index (κ3) is 17.9. The van der Waals surface area contributed by atoms with Gasteiger partial charge in [0, 0.05) is 0 Å². The van der Waals surface area contributed by atoms with Crippen LogP contribution in [0.15, 0.2) is 0 Å². The highest BCUT2D eigenvalue weighted by atomic mass is 14.0. The first kappa shape index (κ1) is 16.4. The second kappa shape index (κ2) is 13.0. The molecule has 0 aromatic rings. The Hall–Kier alpha value is 0. The van der Waals surface area contributed by atoms with Gasteiger partial charge in [-0.25, -0.2) is 0 Å². The molecule has 0 aromatic heterocycles. The van der Waals surface area contributed by atoms with E-state index in [4.69, 9.17) is 0 Å². The molecule has 0 N–H and O–H groups in total. The average Bonchev–Trinajstić information content (AvgIpc) is 2.15. The lowest BCUT2D eigenvalue weighted by Crippen LogP contribution is -1.89. The minimum atomic E-state index is 0.898. The average molecular weight is 200 g/mol. The minimum absolute atomic E-state index is 0.898. The van der Waals surface area contributed by atoms with Gasteiger partial charge in [-0.05, 0) is 11.8 Å². The predicted octanol–water partition coefficient (Wildman–Crippen LogP) is 5.67. The maximum Gasteiger partial charge on any atom is -0.0445 e. The molecule has 0 rings (SSSR count). The van der Waals surface area contributed by atoms with Crippen molar-refractivity contribution < 1.29 is 0 Å². The summed E-state index contributed by atoms with van der Waals surface area (Å²) in [6.07, 6.45) is 8.24. The fourth-order valence-corrected chi connectivity index (χ4v) is 1.33. The molecule has 0 aromatic carbocycles. The smallest absolute Gasteiger partial charge is 0.0445 e. The SMILES string of the molecule is CCCC(C)C.CCCCC(C)CC. The quantitative estimate of drug-likeness (QED) is 0.518. The van der Waals surface area contributed by atoms with Crippen molar-refractivity contribution in [3.63, 3.8) is 0 Å². The van der Waals surface area contributed by atoms with Crippen molar-refractivity contribution in [2.24, 2.45) is 11.8 Å². The molecule has 0 aliphatic heterocycles. The van der Waals surface area contributed by atoms with Crippen molar-refractivity contribution in [3.05, 3.63) is 0 Å². The molecular formula is C14H32. The molecule has 14 heavy (non-hydrogen) atoms. The van der Waals surface area contributed by atoms with Gasteiger partial charge in [0.05, 0.1) is 0 Å². The van der Waals surface area contributed by atoms with E-state index < -0.39 is 0 Å². The van der Waals surface area contributed by atoms with Gasteiger partial charge in [-0.2, -0.15) is 0 Å². The van der Waals surface area contributed by atoms with E-state index in [1.807, 2.05) is 0 Å². The topological polar surface area (TPSA) is 0 Å². The van der Waals surface area contributed by atoms with Gasteiger partial charge in [-0.3, -0.25) is 0 Å². The lowest BCUT2D eigenvalue weighted by Gasteiger charge is -2.04. The summed E-state index contributed by atoms with van der Waals surface area (Å²) in [6, 6.07) is 0. The third-order valence-corrected chi connectivity index (χ3v) is 2.61. The normalized spacial score (nSPS) is 12.2. The van der Waals surface area contributed by atoms with Gasteiger partial charge in [-0.15, -0.1) is 0 Å². The Labute approximate surface area is 92.5 Å². The van der Waals surface area contributed by atoms with Gasteiger partial charge in [0.25, 0.3) is 0 Å². The van der Waals surface area contributed by atoms with Crippen molar-refractivity contribution in [2.45, 2.75) is 80.1 Å². The first-order valence-electron chi connectivity index (χ1n) is 6.58. The van der Waals surface area contributed by atoms with E-state index >= 15 is 0 Å². The molecule has 0 nitrogen and oxygen atoms in total. The molecule has 1 atom stereocenters. The van der Waals surface area contributed by atoms with E-state index in [1.165, 1.54) is 38.5 Å². The summed E-state index contributed by atoms with van der Waals surface area (Å²) in [5.74, 6) is 1.85. The highest BCUT2D eigenvalue weighted by Crippen LogP contribution is 2.09. The lowest BCUT2D eigenvalue weighted by atomic mass is 10.0. The molecule has 1 unspecified atom stereocenters. The largest absolute Gasteiger partial charge is 0.0654 e. The van der Waals surface area contributed by atoms with Crippen LogP contribution in [-0.2, 0) is 0 Å². The Morgan fingerprint density at radius 1 is 0.786 bits per heavy atom. The Kier molecular flexibility index (Phi) is 15.3. The maximum absolute atomic E-state index is 2.33. The Morgan fingerprint density at radius 2 is 1.36 bits per heavy atom. The molecule has 0 fully saturated rings. The molecule has 0 saturated heterocycles. The van der Waals surface area contributed by atoms with Crippen LogP contribution in [0.3, 0.4) is 0 Å². The van der Waals surface area contributed by atoms with Crippen molar-refractivity contribution >= 4 is 0 Å². The molecule has 0 aliphatic rings. The molecule has 0 amide bonds. The van der Waals surface area contributed by atoms with Crippen LogP contribution in [0.1, 0.15) is 80.1 Å². The van der Waals surface area contributed by atoms with Crippen LogP contribution >= 0.6 is 0 Å². The molecule has 0 saturated carbocycles. The zero-order valence-corrected chi connectivity index (χ0v) is 11.4. The van der Waals surface area contributed by atoms with Crippen molar-refractivity contribution in [2.75, 3.05) is 0 Å². The predicted molar refractivity (Wildman–Crippen MR) is 68.7 cm³/mol. The van der Waals surface area contributed by atoms with E-state index in [-0.39, 0.29) is 0 Å². The van der Waals surface area contributed by atoms with Gasteiger partial charge >= 0.3 is 0 Å². The summed E-state index contributed by atoms with van der Waals surface area (Å²) in [5.41, 5.74) is 0. The van der Waals surface area contributed by atoms with Gasteiger partial charge in [-0.1, -0.05) is 80.1 Å². The number of hydrogen-bond donors (Lipinski definition) is 0. The highest BCUT2D eigenvalue weighted by molar-refractivity contribution is 4.47. The second-order valence-electron chi connectivity index (χ2n) is 4.84. The maximum atomic E-state index is 2.33. The van der Waals surface area contributed by atoms with Crippen LogP contribution in [0.2, 0.25) is 0 Å². The molecule has 0 bridgehead atoms. The van der Waals surface area contributed by atoms with E-state index in [0.29, 0.717) is 0 Å².